The van der Waals surface area contributed by atoms with Crippen LogP contribution in [0, 0.1) is 53.3 Å². The van der Waals surface area contributed by atoms with Gasteiger partial charge in [0, 0.05) is 158 Å². The predicted octanol–water partition coefficient (Wildman–Crippen LogP) is 22.0. The second-order valence-electron chi connectivity index (χ2n) is 35.2. The fourth-order valence-corrected chi connectivity index (χ4v) is 13.1. The molecule has 0 saturated carbocycles. The summed E-state index contributed by atoms with van der Waals surface area (Å²) < 4.78 is 0. The molecule has 14 N–H and O–H groups in total. The van der Waals surface area contributed by atoms with Crippen LogP contribution in [0.3, 0.4) is 0 Å². The van der Waals surface area contributed by atoms with E-state index in [1.165, 1.54) is 64.9 Å². The first-order valence-corrected chi connectivity index (χ1v) is 44.3. The Kier molecular flexibility index (Phi) is 61.3. The summed E-state index contributed by atoms with van der Waals surface area (Å²) >= 11 is 0. The second-order valence-corrected chi connectivity index (χ2v) is 35.2. The Morgan fingerprint density at radius 3 is 0.803 bits per heavy atom. The molecule has 0 radical (unpaired) electrons. The summed E-state index contributed by atoms with van der Waals surface area (Å²) in [6.07, 6.45) is 40.5. The lowest BCUT2D eigenvalue weighted by atomic mass is 9.92. The maximum absolute atomic E-state index is 5.98. The summed E-state index contributed by atoms with van der Waals surface area (Å²) in [5.41, 5.74) is 52.6. The molecule has 0 amide bonds. The van der Waals surface area contributed by atoms with Crippen LogP contribution >= 0.6 is 0 Å². The smallest absolute Gasteiger partial charge is 0.0447 e. The number of nitrogens with two attached hydrogens (primary N) is 7. The third-order valence-corrected chi connectivity index (χ3v) is 20.0. The van der Waals surface area contributed by atoms with E-state index in [0.29, 0.717) is 83.8 Å². The van der Waals surface area contributed by atoms with E-state index in [1.807, 2.05) is 122 Å². The minimum Gasteiger partial charge on any atom is -0.330 e. The first-order chi connectivity index (χ1) is 55.8. The lowest BCUT2D eigenvalue weighted by molar-refractivity contribution is 0.462. The van der Waals surface area contributed by atoms with E-state index >= 15 is 0 Å². The van der Waals surface area contributed by atoms with E-state index in [4.69, 9.17) is 40.1 Å². The first kappa shape index (κ1) is 107. The van der Waals surface area contributed by atoms with E-state index in [1.54, 1.807) is 24.8 Å². The van der Waals surface area contributed by atoms with Crippen molar-refractivity contribution in [3.8, 4) is 0 Å². The number of hydrogen-bond donors (Lipinski definition) is 7. The van der Waals surface area contributed by atoms with Gasteiger partial charge in [-0.1, -0.05) is 217 Å². The first-order valence-electron chi connectivity index (χ1n) is 44.3. The number of hydrogen-bond acceptors (Lipinski definition) is 15. The average molecular weight is 1600 g/mol. The van der Waals surface area contributed by atoms with Crippen molar-refractivity contribution >= 4 is 0 Å². The highest BCUT2D eigenvalue weighted by atomic mass is 14.7. The highest BCUT2D eigenvalue weighted by Gasteiger charge is 2.16. The summed E-state index contributed by atoms with van der Waals surface area (Å²) in [4.78, 5) is 33.6. The summed E-state index contributed by atoms with van der Waals surface area (Å²) in [7, 11) is 0. The maximum Gasteiger partial charge on any atom is 0.0447 e. The minimum atomic E-state index is 0.268. The third kappa shape index (κ3) is 57.8. The Morgan fingerprint density at radius 2 is 0.538 bits per heavy atom. The molecule has 648 valence electrons. The Bertz CT molecular complexity index is 3220. The van der Waals surface area contributed by atoms with Crippen LogP contribution in [-0.4, -0.2) is 82.7 Å². The molecule has 5 unspecified atom stereocenters. The monoisotopic (exact) mass is 1600 g/mol. The molecule has 0 bridgehead atoms. The van der Waals surface area contributed by atoms with E-state index in [2.05, 4.69) is 257 Å². The summed E-state index contributed by atoms with van der Waals surface area (Å²) in [5.74, 6) is 7.62. The van der Waals surface area contributed by atoms with Gasteiger partial charge in [-0.3, -0.25) is 39.9 Å². The molecule has 9 aromatic rings. The van der Waals surface area contributed by atoms with E-state index < -0.39 is 0 Å². The Morgan fingerprint density at radius 1 is 0.265 bits per heavy atom. The standard InChI is InChI=1S/3C12H19N.6C11H18N2/c1-10(2)12(13)9-8-11-6-4-3-5-7-11;2*1-4-11(9-10(2)3)12-7-5-6-8-13-12;1-9(2)11(12)6-5-10-4-3-7-13-8-10;3*1-9(2)6-11(12)7-10-4-3-5-13-8-10;1-9(2)11(12)7-6-10-5-3-4-8-13-10;1-9(2)7-10(8-12)11-5-3-4-6-13-11/h3-7,10,12H,8-9,13H2,1-2H3;2*5-8,10-11H,4,9H2,1-3H3;3-4,7-9,11H,5-6,12H2,1-2H3;4*3-5,8-9,11H,6-7,12H2,1-2H3;3-6,9-10H,7-8,12H2,1-2H3/t;11-;;;2*11-;;;10-/m.1..10..1/s1. The molecule has 0 saturated heterocycles. The number of aryl methyl sites for hydroxylation is 3. The van der Waals surface area contributed by atoms with Crippen LogP contribution in [-0.2, 0) is 38.5 Å². The predicted molar refractivity (Wildman–Crippen MR) is 503 cm³/mol. The van der Waals surface area contributed by atoms with Gasteiger partial charge >= 0.3 is 0 Å². The largest absolute Gasteiger partial charge is 0.330 e. The summed E-state index contributed by atoms with van der Waals surface area (Å²) in [5, 5.41) is 0. The van der Waals surface area contributed by atoms with Gasteiger partial charge < -0.3 is 40.1 Å². The summed E-state index contributed by atoms with van der Waals surface area (Å²) in [6, 6.07) is 52.8. The van der Waals surface area contributed by atoms with Gasteiger partial charge in [0.05, 0.1) is 0 Å². The highest BCUT2D eigenvalue weighted by molar-refractivity contribution is 5.17. The van der Waals surface area contributed by atoms with Crippen LogP contribution in [0.25, 0.3) is 0 Å². The van der Waals surface area contributed by atoms with Crippen LogP contribution in [0.4, 0.5) is 0 Å². The van der Waals surface area contributed by atoms with Gasteiger partial charge in [0.25, 0.3) is 0 Å². The van der Waals surface area contributed by atoms with Gasteiger partial charge in [-0.2, -0.15) is 0 Å². The molecular weight excluding hydrogens is 1440 g/mol. The molecule has 15 nitrogen and oxygen atoms in total. The van der Waals surface area contributed by atoms with Crippen molar-refractivity contribution in [3.63, 3.8) is 0 Å². The van der Waals surface area contributed by atoms with Crippen LogP contribution in [0.1, 0.15) is 277 Å². The van der Waals surface area contributed by atoms with Crippen molar-refractivity contribution in [2.75, 3.05) is 6.54 Å². The molecule has 9 atom stereocenters. The van der Waals surface area contributed by atoms with Gasteiger partial charge in [0.15, 0.2) is 0 Å². The zero-order chi connectivity index (χ0) is 87.1. The van der Waals surface area contributed by atoms with E-state index in [9.17, 15) is 0 Å². The molecule has 117 heavy (non-hydrogen) atoms. The van der Waals surface area contributed by atoms with E-state index in [-0.39, 0.29) is 18.1 Å². The Hall–Kier alpha value is -7.86. The molecule has 8 aromatic heterocycles. The molecule has 0 aliphatic heterocycles. The Balaban J connectivity index is 0.000000658. The molecule has 0 aliphatic carbocycles. The van der Waals surface area contributed by atoms with E-state index in [0.717, 1.165) is 107 Å². The van der Waals surface area contributed by atoms with Crippen LogP contribution in [0.2, 0.25) is 0 Å². The number of aromatic nitrogens is 8. The SMILES string of the molecule is CC(C)C(N)CCc1ccccc1.CC(C)C(N)CCc1ccccn1.CC(C)C(N)CCc1cccnc1.CC(C)CC(N)Cc1cccnc1.CC(C)C[C@@H](N)Cc1cccnc1.CC(C)C[C@H](CN)c1ccccn1.CC(C)C[C@H](N)Cc1cccnc1.CCC(CC(C)C)c1ccccn1.CC[C@H](CC(C)C)c1ccccn1. The van der Waals surface area contributed by atoms with Gasteiger partial charge in [-0.05, 0) is 263 Å². The fourth-order valence-electron chi connectivity index (χ4n) is 13.1. The van der Waals surface area contributed by atoms with Gasteiger partial charge in [-0.15, -0.1) is 0 Å². The lowest BCUT2D eigenvalue weighted by Crippen LogP contribution is -2.26. The zero-order valence-electron chi connectivity index (χ0n) is 76.6. The molecule has 0 aliphatic rings. The maximum atomic E-state index is 5.98. The molecular formula is C102H165N15. The Labute approximate surface area is 714 Å². The molecule has 8 heterocycles. The number of nitrogens with zero attached hydrogens (tertiary/aromatic N) is 8. The van der Waals surface area contributed by atoms with Crippen molar-refractivity contribution in [3.05, 3.63) is 277 Å². The quantitative estimate of drug-likeness (QED) is 0.0192. The minimum absolute atomic E-state index is 0.268. The van der Waals surface area contributed by atoms with Crippen molar-refractivity contribution < 1.29 is 0 Å². The molecule has 0 fully saturated rings. The average Bonchev–Trinajstić information content (AvgIpc) is 0.904. The second kappa shape index (κ2) is 67.0. The number of pyridine rings is 8. The molecule has 15 heteroatoms. The number of benzene rings is 1. The summed E-state index contributed by atoms with van der Waals surface area (Å²) in [6.45, 7) is 44.8. The van der Waals surface area contributed by atoms with Crippen molar-refractivity contribution in [1.29, 1.82) is 0 Å². The highest BCUT2D eigenvalue weighted by Crippen LogP contribution is 2.27. The third-order valence-electron chi connectivity index (χ3n) is 20.0. The molecule has 1 aromatic carbocycles. The van der Waals surface area contributed by atoms with Crippen LogP contribution in [0.15, 0.2) is 226 Å². The van der Waals surface area contributed by atoms with Crippen molar-refractivity contribution in [2.45, 2.75) is 302 Å². The van der Waals surface area contributed by atoms with Gasteiger partial charge in [-0.25, -0.2) is 0 Å². The van der Waals surface area contributed by atoms with Crippen molar-refractivity contribution in [2.24, 2.45) is 93.4 Å². The van der Waals surface area contributed by atoms with Gasteiger partial charge in [0.1, 0.15) is 0 Å². The topological polar surface area (TPSA) is 285 Å². The molecule has 0 spiro atoms. The lowest BCUT2D eigenvalue weighted by Gasteiger charge is -2.16. The van der Waals surface area contributed by atoms with Crippen LogP contribution < -0.4 is 40.1 Å². The zero-order valence-corrected chi connectivity index (χ0v) is 76.6. The van der Waals surface area contributed by atoms with Crippen LogP contribution in [0.5, 0.6) is 0 Å². The van der Waals surface area contributed by atoms with Gasteiger partial charge in [0.2, 0.25) is 0 Å². The number of rotatable bonds is 36. The normalized spacial score (nSPS) is 13.2. The van der Waals surface area contributed by atoms with Crippen molar-refractivity contribution in [1.82, 2.24) is 39.9 Å². The fraction of sp³-hybridized carbons (Fsp3) is 0.549. The molecule has 9 rings (SSSR count).